The van der Waals surface area contributed by atoms with Crippen molar-refractivity contribution in [2.24, 2.45) is 0 Å². The highest BCUT2D eigenvalue weighted by molar-refractivity contribution is 5.66. The molecule has 0 aliphatic heterocycles. The van der Waals surface area contributed by atoms with Gasteiger partial charge in [0.2, 0.25) is 0 Å². The molecule has 0 fully saturated rings. The number of carboxylic acid groups (broad SMARTS) is 1. The van der Waals surface area contributed by atoms with E-state index in [-0.39, 0.29) is 0 Å². The lowest BCUT2D eigenvalue weighted by atomic mass is 10.0. The lowest BCUT2D eigenvalue weighted by Crippen LogP contribution is -2.10. The molecule has 0 saturated carbocycles. The molecule has 0 heterocycles. The predicted molar refractivity (Wildman–Crippen MR) is 84.1 cm³/mol. The van der Waals surface area contributed by atoms with Gasteiger partial charge < -0.3 is 9.84 Å². The quantitative estimate of drug-likeness (QED) is 0.422. The van der Waals surface area contributed by atoms with Crippen LogP contribution in [0.4, 0.5) is 0 Å². The van der Waals surface area contributed by atoms with Crippen LogP contribution < -0.4 is 0 Å². The molecule has 0 radical (unpaired) electrons. The van der Waals surface area contributed by atoms with Crippen molar-refractivity contribution in [3.05, 3.63) is 0 Å². The molecule has 0 spiro atoms. The van der Waals surface area contributed by atoms with Crippen LogP contribution in [0.25, 0.3) is 0 Å². The summed E-state index contributed by atoms with van der Waals surface area (Å²) in [7, 11) is 1.83. The molecule has 0 aliphatic carbocycles. The number of rotatable bonds is 15. The summed E-state index contributed by atoms with van der Waals surface area (Å²) in [5.74, 6) is -0.668. The van der Waals surface area contributed by atoms with E-state index in [4.69, 9.17) is 9.84 Å². The average Bonchev–Trinajstić information content (AvgIpc) is 2.43. The Kier molecular flexibility index (Phi) is 14.4. The van der Waals surface area contributed by atoms with E-state index in [9.17, 15) is 4.79 Å². The van der Waals surface area contributed by atoms with Crippen LogP contribution in [0.2, 0.25) is 0 Å². The molecule has 0 bridgehead atoms. The molecular weight excluding hydrogens is 252 g/mol. The van der Waals surface area contributed by atoms with Gasteiger partial charge in [-0.15, -0.1) is 0 Å². The van der Waals surface area contributed by atoms with E-state index in [1.807, 2.05) is 7.11 Å². The second-order valence-corrected chi connectivity index (χ2v) is 5.76. The topological polar surface area (TPSA) is 46.5 Å². The van der Waals surface area contributed by atoms with Crippen molar-refractivity contribution in [1.82, 2.24) is 0 Å². The molecule has 3 nitrogen and oxygen atoms in total. The van der Waals surface area contributed by atoms with Crippen LogP contribution in [-0.2, 0) is 9.53 Å². The Hall–Kier alpha value is -0.570. The first-order valence-corrected chi connectivity index (χ1v) is 8.45. The first kappa shape index (κ1) is 19.4. The average molecular weight is 286 g/mol. The van der Waals surface area contributed by atoms with E-state index >= 15 is 0 Å². The number of carbonyl (C=O) groups is 1. The maximum absolute atomic E-state index is 10.3. The highest BCUT2D eigenvalue weighted by Gasteiger charge is 2.06. The summed E-state index contributed by atoms with van der Waals surface area (Å²) in [6.07, 6.45) is 15.2. The van der Waals surface area contributed by atoms with Gasteiger partial charge in [-0.1, -0.05) is 64.7 Å². The lowest BCUT2D eigenvalue weighted by Gasteiger charge is -2.14. The highest BCUT2D eigenvalue weighted by Crippen LogP contribution is 2.15. The second kappa shape index (κ2) is 14.8. The Balaban J connectivity index is 3.26. The monoisotopic (exact) mass is 286 g/mol. The van der Waals surface area contributed by atoms with Crippen molar-refractivity contribution >= 4 is 5.97 Å². The van der Waals surface area contributed by atoms with Gasteiger partial charge in [0.25, 0.3) is 0 Å². The molecule has 0 rings (SSSR count). The molecule has 120 valence electrons. The molecule has 0 amide bonds. The maximum Gasteiger partial charge on any atom is 0.303 e. The molecule has 20 heavy (non-hydrogen) atoms. The number of carboxylic acids is 1. The fourth-order valence-corrected chi connectivity index (χ4v) is 2.53. The van der Waals surface area contributed by atoms with Crippen LogP contribution in [0.1, 0.15) is 90.4 Å². The number of hydrogen-bond acceptors (Lipinski definition) is 2. The minimum Gasteiger partial charge on any atom is -0.481 e. The van der Waals surface area contributed by atoms with E-state index in [2.05, 4.69) is 6.92 Å². The van der Waals surface area contributed by atoms with Crippen molar-refractivity contribution < 1.29 is 14.6 Å². The van der Waals surface area contributed by atoms with Crippen LogP contribution in [-0.4, -0.2) is 24.3 Å². The Morgan fingerprint density at radius 3 is 1.90 bits per heavy atom. The zero-order valence-corrected chi connectivity index (χ0v) is 13.5. The summed E-state index contributed by atoms with van der Waals surface area (Å²) in [5.41, 5.74) is 0. The highest BCUT2D eigenvalue weighted by atomic mass is 16.5. The molecule has 1 unspecified atom stereocenters. The first-order valence-electron chi connectivity index (χ1n) is 8.45. The molecule has 0 saturated heterocycles. The number of methoxy groups -OCH3 is 1. The van der Waals surface area contributed by atoms with Gasteiger partial charge in [-0.2, -0.15) is 0 Å². The summed E-state index contributed by atoms with van der Waals surface area (Å²) >= 11 is 0. The number of ether oxygens (including phenoxy) is 1. The molecule has 0 aromatic heterocycles. The molecule has 0 aromatic rings. The Morgan fingerprint density at radius 2 is 1.40 bits per heavy atom. The standard InChI is InChI=1S/C17H34O3/c1-3-4-10-13-16(20-2)14-11-8-6-5-7-9-12-15-17(18)19/h16H,3-15H2,1-2H3,(H,18,19). The third-order valence-corrected chi connectivity index (χ3v) is 3.88. The van der Waals surface area contributed by atoms with E-state index in [1.54, 1.807) is 0 Å². The normalized spacial score (nSPS) is 12.5. The zero-order valence-electron chi connectivity index (χ0n) is 13.5. The van der Waals surface area contributed by atoms with Gasteiger partial charge in [0, 0.05) is 13.5 Å². The predicted octanol–water partition coefficient (Wildman–Crippen LogP) is 5.18. The molecule has 1 N–H and O–H groups in total. The summed E-state index contributed by atoms with van der Waals surface area (Å²) in [6, 6.07) is 0. The van der Waals surface area contributed by atoms with Crippen molar-refractivity contribution in [3.8, 4) is 0 Å². The van der Waals surface area contributed by atoms with E-state index in [0.717, 1.165) is 12.8 Å². The number of unbranched alkanes of at least 4 members (excludes halogenated alkanes) is 8. The van der Waals surface area contributed by atoms with Gasteiger partial charge in [-0.25, -0.2) is 0 Å². The van der Waals surface area contributed by atoms with E-state index in [0.29, 0.717) is 12.5 Å². The molecule has 0 aliphatic rings. The van der Waals surface area contributed by atoms with Crippen molar-refractivity contribution in [2.75, 3.05) is 7.11 Å². The summed E-state index contributed by atoms with van der Waals surface area (Å²) in [6.45, 7) is 2.23. The summed E-state index contributed by atoms with van der Waals surface area (Å²) < 4.78 is 5.52. The van der Waals surface area contributed by atoms with Gasteiger partial charge >= 0.3 is 5.97 Å². The van der Waals surface area contributed by atoms with Crippen molar-refractivity contribution in [2.45, 2.75) is 96.5 Å². The first-order chi connectivity index (χ1) is 9.70. The van der Waals surface area contributed by atoms with Crippen LogP contribution in [0.3, 0.4) is 0 Å². The third kappa shape index (κ3) is 13.9. The maximum atomic E-state index is 10.3. The fourth-order valence-electron chi connectivity index (χ4n) is 2.53. The fraction of sp³-hybridized carbons (Fsp3) is 0.941. The smallest absolute Gasteiger partial charge is 0.303 e. The van der Waals surface area contributed by atoms with Crippen LogP contribution in [0.5, 0.6) is 0 Å². The van der Waals surface area contributed by atoms with Crippen molar-refractivity contribution in [1.29, 1.82) is 0 Å². The van der Waals surface area contributed by atoms with Gasteiger partial charge in [-0.3, -0.25) is 4.79 Å². The van der Waals surface area contributed by atoms with Crippen LogP contribution >= 0.6 is 0 Å². The number of aliphatic carboxylic acids is 1. The Bertz CT molecular complexity index is 216. The van der Waals surface area contributed by atoms with E-state index < -0.39 is 5.97 Å². The minimum absolute atomic E-state index is 0.327. The van der Waals surface area contributed by atoms with Gasteiger partial charge in [0.1, 0.15) is 0 Å². The SMILES string of the molecule is CCCCCC(CCCCCCCCCC(=O)O)OC. The Morgan fingerprint density at radius 1 is 0.900 bits per heavy atom. The zero-order chi connectivity index (χ0) is 15.1. The summed E-state index contributed by atoms with van der Waals surface area (Å²) in [5, 5.41) is 8.53. The van der Waals surface area contributed by atoms with Gasteiger partial charge in [0.05, 0.1) is 6.10 Å². The van der Waals surface area contributed by atoms with E-state index in [1.165, 1.54) is 64.2 Å². The molecule has 1 atom stereocenters. The minimum atomic E-state index is -0.668. The molecule has 3 heteroatoms. The number of hydrogen-bond donors (Lipinski definition) is 1. The van der Waals surface area contributed by atoms with Crippen LogP contribution in [0, 0.1) is 0 Å². The van der Waals surface area contributed by atoms with Gasteiger partial charge in [-0.05, 0) is 19.3 Å². The largest absolute Gasteiger partial charge is 0.481 e. The lowest BCUT2D eigenvalue weighted by molar-refractivity contribution is -0.137. The molecule has 0 aromatic carbocycles. The van der Waals surface area contributed by atoms with Crippen molar-refractivity contribution in [3.63, 3.8) is 0 Å². The van der Waals surface area contributed by atoms with Crippen LogP contribution in [0.15, 0.2) is 0 Å². The summed E-state index contributed by atoms with van der Waals surface area (Å²) in [4.78, 5) is 10.3. The second-order valence-electron chi connectivity index (χ2n) is 5.76. The van der Waals surface area contributed by atoms with Gasteiger partial charge in [0.15, 0.2) is 0 Å². The Labute approximate surface area is 125 Å². The third-order valence-electron chi connectivity index (χ3n) is 3.88. The molecular formula is C17H34O3.